The van der Waals surface area contributed by atoms with Crippen LogP contribution in [0, 0.1) is 5.92 Å². The van der Waals surface area contributed by atoms with Crippen molar-refractivity contribution in [2.45, 2.75) is 33.6 Å². The minimum Gasteiger partial charge on any atom is -0.478 e. The summed E-state index contributed by atoms with van der Waals surface area (Å²) in [6.07, 6.45) is 4.24. The van der Waals surface area contributed by atoms with E-state index in [1.54, 1.807) is 6.08 Å². The number of hydrogen-bond donors (Lipinski definition) is 2. The van der Waals surface area contributed by atoms with Gasteiger partial charge in [0.15, 0.2) is 0 Å². The van der Waals surface area contributed by atoms with Gasteiger partial charge in [-0.15, -0.1) is 0 Å². The van der Waals surface area contributed by atoms with E-state index >= 15 is 0 Å². The first-order valence-electron chi connectivity index (χ1n) is 5.29. The summed E-state index contributed by atoms with van der Waals surface area (Å²) in [4.78, 5) is 21.5. The zero-order chi connectivity index (χ0) is 12.7. The third-order valence-electron chi connectivity index (χ3n) is 2.45. The Bertz CT molecular complexity index is 322. The highest BCUT2D eigenvalue weighted by Crippen LogP contribution is 2.17. The number of carboxylic acids is 2. The molecule has 16 heavy (non-hydrogen) atoms. The van der Waals surface area contributed by atoms with Crippen LogP contribution in [0.3, 0.4) is 0 Å². The summed E-state index contributed by atoms with van der Waals surface area (Å²) < 4.78 is 0. The summed E-state index contributed by atoms with van der Waals surface area (Å²) in [6.45, 7) is 5.44. The van der Waals surface area contributed by atoms with Gasteiger partial charge in [-0.2, -0.15) is 0 Å². The molecule has 90 valence electrons. The van der Waals surface area contributed by atoms with E-state index in [1.165, 1.54) is 6.92 Å². The van der Waals surface area contributed by atoms with Gasteiger partial charge in [-0.1, -0.05) is 19.9 Å². The Hall–Kier alpha value is -1.58. The largest absolute Gasteiger partial charge is 0.478 e. The summed E-state index contributed by atoms with van der Waals surface area (Å²) in [7, 11) is 0. The maximum atomic E-state index is 11.0. The molecule has 0 aromatic rings. The van der Waals surface area contributed by atoms with Gasteiger partial charge in [0.25, 0.3) is 0 Å². The molecule has 0 atom stereocenters. The molecule has 0 aromatic heterocycles. The van der Waals surface area contributed by atoms with Crippen molar-refractivity contribution >= 4 is 11.9 Å². The van der Waals surface area contributed by atoms with Gasteiger partial charge in [-0.25, -0.2) is 9.59 Å². The first-order chi connectivity index (χ1) is 7.42. The van der Waals surface area contributed by atoms with Crippen molar-refractivity contribution in [1.29, 1.82) is 0 Å². The van der Waals surface area contributed by atoms with Crippen molar-refractivity contribution in [2.24, 2.45) is 5.92 Å². The lowest BCUT2D eigenvalue weighted by Crippen LogP contribution is -2.06. The second kappa shape index (κ2) is 6.82. The van der Waals surface area contributed by atoms with Crippen LogP contribution in [0.25, 0.3) is 0 Å². The number of rotatable bonds is 6. The Morgan fingerprint density at radius 2 is 1.69 bits per heavy atom. The summed E-state index contributed by atoms with van der Waals surface area (Å²) in [5.41, 5.74) is 0.350. The number of carbonyl (C=O) groups is 2. The topological polar surface area (TPSA) is 74.6 Å². The Morgan fingerprint density at radius 1 is 1.19 bits per heavy atom. The Kier molecular flexibility index (Phi) is 6.15. The number of aliphatic carboxylic acids is 2. The van der Waals surface area contributed by atoms with Gasteiger partial charge < -0.3 is 10.2 Å². The molecule has 4 heteroatoms. The molecule has 0 spiro atoms. The van der Waals surface area contributed by atoms with Gasteiger partial charge >= 0.3 is 11.9 Å². The maximum Gasteiger partial charge on any atom is 0.335 e. The van der Waals surface area contributed by atoms with E-state index in [1.807, 2.05) is 13.8 Å². The molecule has 0 aliphatic carbocycles. The zero-order valence-electron chi connectivity index (χ0n) is 9.86. The predicted molar refractivity (Wildman–Crippen MR) is 61.2 cm³/mol. The Morgan fingerprint density at radius 3 is 2.00 bits per heavy atom. The minimum absolute atomic E-state index is 0.0797. The van der Waals surface area contributed by atoms with Gasteiger partial charge in [0, 0.05) is 6.08 Å². The lowest BCUT2D eigenvalue weighted by Gasteiger charge is -2.09. The molecule has 2 N–H and O–H groups in total. The van der Waals surface area contributed by atoms with Crippen LogP contribution < -0.4 is 0 Å². The average Bonchev–Trinajstić information content (AvgIpc) is 2.17. The molecule has 0 unspecified atom stereocenters. The molecule has 0 saturated carbocycles. The Labute approximate surface area is 95.3 Å². The normalized spacial score (nSPS) is 13.0. The SMILES string of the molecule is CCC(/C=C(C(=O)O)/C(C)=C/C(=O)O)CC. The minimum atomic E-state index is -1.13. The van der Waals surface area contributed by atoms with E-state index in [4.69, 9.17) is 10.2 Å². The highest BCUT2D eigenvalue weighted by atomic mass is 16.4. The molecule has 0 aromatic carbocycles. The van der Waals surface area contributed by atoms with Crippen LogP contribution in [0.2, 0.25) is 0 Å². The van der Waals surface area contributed by atoms with E-state index in [0.717, 1.165) is 18.9 Å². The summed E-state index contributed by atoms with van der Waals surface area (Å²) >= 11 is 0. The van der Waals surface area contributed by atoms with Crippen molar-refractivity contribution in [3.63, 3.8) is 0 Å². The first kappa shape index (κ1) is 14.4. The van der Waals surface area contributed by atoms with Crippen LogP contribution in [0.1, 0.15) is 33.6 Å². The van der Waals surface area contributed by atoms with E-state index < -0.39 is 11.9 Å². The maximum absolute atomic E-state index is 11.0. The fourth-order valence-electron chi connectivity index (χ4n) is 1.39. The fourth-order valence-corrected chi connectivity index (χ4v) is 1.39. The quantitative estimate of drug-likeness (QED) is 0.539. The predicted octanol–water partition coefficient (Wildman–Crippen LogP) is 2.46. The Balaban J connectivity index is 5.15. The van der Waals surface area contributed by atoms with Crippen LogP contribution in [-0.4, -0.2) is 22.2 Å². The lowest BCUT2D eigenvalue weighted by molar-refractivity contribution is -0.132. The van der Waals surface area contributed by atoms with Crippen LogP contribution in [0.4, 0.5) is 0 Å². The molecule has 4 nitrogen and oxygen atoms in total. The first-order valence-corrected chi connectivity index (χ1v) is 5.29. The van der Waals surface area contributed by atoms with E-state index in [9.17, 15) is 9.59 Å². The zero-order valence-corrected chi connectivity index (χ0v) is 9.86. The number of hydrogen-bond acceptors (Lipinski definition) is 2. The van der Waals surface area contributed by atoms with E-state index in [2.05, 4.69) is 0 Å². The molecular weight excluding hydrogens is 208 g/mol. The fraction of sp³-hybridized carbons (Fsp3) is 0.500. The van der Waals surface area contributed by atoms with E-state index in [-0.39, 0.29) is 17.1 Å². The molecule has 0 heterocycles. The number of carboxylic acid groups (broad SMARTS) is 2. The molecule has 0 rings (SSSR count). The molecule has 0 amide bonds. The molecule has 0 fully saturated rings. The van der Waals surface area contributed by atoms with Crippen molar-refractivity contribution < 1.29 is 19.8 Å². The van der Waals surface area contributed by atoms with Crippen molar-refractivity contribution in [3.8, 4) is 0 Å². The second-order valence-electron chi connectivity index (χ2n) is 3.63. The molecule has 0 aliphatic rings. The van der Waals surface area contributed by atoms with Crippen molar-refractivity contribution in [2.75, 3.05) is 0 Å². The van der Waals surface area contributed by atoms with Crippen LogP contribution in [0.5, 0.6) is 0 Å². The van der Waals surface area contributed by atoms with Gasteiger partial charge in [0.05, 0.1) is 5.57 Å². The standard InChI is InChI=1S/C12H18O4/c1-4-9(5-2)7-10(12(15)16)8(3)6-11(13)14/h6-7,9H,4-5H2,1-3H3,(H,13,14)(H,15,16)/b8-6+,10-7-. The average molecular weight is 226 g/mol. The van der Waals surface area contributed by atoms with Gasteiger partial charge in [-0.05, 0) is 31.3 Å². The molecular formula is C12H18O4. The highest BCUT2D eigenvalue weighted by Gasteiger charge is 2.13. The summed E-state index contributed by atoms with van der Waals surface area (Å²) in [5.74, 6) is -2.04. The smallest absolute Gasteiger partial charge is 0.335 e. The monoisotopic (exact) mass is 226 g/mol. The van der Waals surface area contributed by atoms with Crippen LogP contribution >= 0.6 is 0 Å². The molecule has 0 saturated heterocycles. The summed E-state index contributed by atoms with van der Waals surface area (Å²) in [5, 5.41) is 17.6. The molecule has 0 radical (unpaired) electrons. The lowest BCUT2D eigenvalue weighted by atomic mass is 9.96. The number of allylic oxidation sites excluding steroid dienone is 1. The molecule has 0 bridgehead atoms. The van der Waals surface area contributed by atoms with Gasteiger partial charge in [0.1, 0.15) is 0 Å². The van der Waals surface area contributed by atoms with Gasteiger partial charge in [0.2, 0.25) is 0 Å². The highest BCUT2D eigenvalue weighted by molar-refractivity contribution is 5.94. The van der Waals surface area contributed by atoms with E-state index in [0.29, 0.717) is 0 Å². The van der Waals surface area contributed by atoms with Gasteiger partial charge in [-0.3, -0.25) is 0 Å². The summed E-state index contributed by atoms with van der Waals surface area (Å²) in [6, 6.07) is 0. The van der Waals surface area contributed by atoms with Crippen LogP contribution in [0.15, 0.2) is 23.3 Å². The van der Waals surface area contributed by atoms with Crippen molar-refractivity contribution in [3.05, 3.63) is 23.3 Å². The molecule has 0 aliphatic heterocycles. The second-order valence-corrected chi connectivity index (χ2v) is 3.63. The van der Waals surface area contributed by atoms with Crippen molar-refractivity contribution in [1.82, 2.24) is 0 Å². The third-order valence-corrected chi connectivity index (χ3v) is 2.45. The van der Waals surface area contributed by atoms with Crippen LogP contribution in [-0.2, 0) is 9.59 Å². The third kappa shape index (κ3) is 4.77.